The molecule has 5 nitrogen and oxygen atoms in total. The maximum atomic E-state index is 12.1. The molecule has 1 atom stereocenters. The lowest BCUT2D eigenvalue weighted by molar-refractivity contribution is -0.118. The summed E-state index contributed by atoms with van der Waals surface area (Å²) in [6, 6.07) is 9.97. The number of ether oxygens (including phenoxy) is 1. The average Bonchev–Trinajstić information content (AvgIpc) is 2.80. The van der Waals surface area contributed by atoms with Gasteiger partial charge in [0.2, 0.25) is 5.91 Å². The molecule has 0 saturated carbocycles. The number of nitrogens with one attached hydrogen (secondary N) is 1. The van der Waals surface area contributed by atoms with E-state index in [2.05, 4.69) is 21.4 Å². The number of hydrogen-bond donors (Lipinski definition) is 1. The Morgan fingerprint density at radius 3 is 3.12 bits per heavy atom. The highest BCUT2D eigenvalue weighted by Crippen LogP contribution is 2.26. The summed E-state index contributed by atoms with van der Waals surface area (Å²) in [4.78, 5) is 20.5. The Kier molecular flexibility index (Phi) is 5.69. The lowest BCUT2D eigenvalue weighted by atomic mass is 9.97. The lowest BCUT2D eigenvalue weighted by Crippen LogP contribution is -2.31. The summed E-state index contributed by atoms with van der Waals surface area (Å²) >= 11 is 1.36. The van der Waals surface area contributed by atoms with Crippen LogP contribution < -0.4 is 10.1 Å². The minimum absolute atomic E-state index is 0.0172. The molecular weight excluding hydrogens is 322 g/mol. The second-order valence-electron chi connectivity index (χ2n) is 5.89. The molecule has 0 unspecified atom stereocenters. The predicted molar refractivity (Wildman–Crippen MR) is 94.3 cm³/mol. The van der Waals surface area contributed by atoms with E-state index < -0.39 is 0 Å². The van der Waals surface area contributed by atoms with Crippen molar-refractivity contribution >= 4 is 17.7 Å². The molecule has 1 N–H and O–H groups in total. The quantitative estimate of drug-likeness (QED) is 0.668. The van der Waals surface area contributed by atoms with Gasteiger partial charge in [-0.3, -0.25) is 4.79 Å². The van der Waals surface area contributed by atoms with Crippen LogP contribution in [0.25, 0.3) is 0 Å². The fourth-order valence-electron chi connectivity index (χ4n) is 2.67. The van der Waals surface area contributed by atoms with Crippen LogP contribution in [-0.2, 0) is 11.2 Å². The van der Waals surface area contributed by atoms with E-state index in [0.717, 1.165) is 24.3 Å². The number of aromatic nitrogens is 2. The van der Waals surface area contributed by atoms with Gasteiger partial charge in [-0.1, -0.05) is 30.0 Å². The van der Waals surface area contributed by atoms with Crippen LogP contribution in [0.1, 0.15) is 17.7 Å². The van der Waals surface area contributed by atoms with E-state index in [1.54, 1.807) is 6.20 Å². The number of hydrogen-bond acceptors (Lipinski definition) is 5. The van der Waals surface area contributed by atoms with Crippen molar-refractivity contribution in [3.05, 3.63) is 47.8 Å². The van der Waals surface area contributed by atoms with Gasteiger partial charge in [0.15, 0.2) is 5.16 Å². The minimum Gasteiger partial charge on any atom is -0.493 e. The van der Waals surface area contributed by atoms with Crippen LogP contribution in [0, 0.1) is 12.8 Å². The molecule has 6 heteroatoms. The molecule has 0 saturated heterocycles. The molecule has 1 aliphatic rings. The molecule has 1 aromatic heterocycles. The van der Waals surface area contributed by atoms with E-state index in [-0.39, 0.29) is 5.91 Å². The summed E-state index contributed by atoms with van der Waals surface area (Å²) in [5.74, 6) is 1.73. The topological polar surface area (TPSA) is 64.1 Å². The summed E-state index contributed by atoms with van der Waals surface area (Å²) in [5, 5.41) is 3.67. The van der Waals surface area contributed by atoms with Gasteiger partial charge in [-0.05, 0) is 43.4 Å². The number of thioether (sulfide) groups is 1. The molecule has 24 heavy (non-hydrogen) atoms. The minimum atomic E-state index is 0.0172. The number of para-hydroxylation sites is 1. The van der Waals surface area contributed by atoms with Crippen molar-refractivity contribution in [3.8, 4) is 5.75 Å². The summed E-state index contributed by atoms with van der Waals surface area (Å²) in [6.07, 6.45) is 3.60. The highest BCUT2D eigenvalue weighted by atomic mass is 32.2. The van der Waals surface area contributed by atoms with Crippen LogP contribution in [-0.4, -0.2) is 34.8 Å². The second-order valence-corrected chi connectivity index (χ2v) is 6.83. The van der Waals surface area contributed by atoms with Gasteiger partial charge < -0.3 is 10.1 Å². The van der Waals surface area contributed by atoms with E-state index >= 15 is 0 Å². The largest absolute Gasteiger partial charge is 0.493 e. The number of rotatable bonds is 5. The van der Waals surface area contributed by atoms with Crippen molar-refractivity contribution in [2.75, 3.05) is 18.9 Å². The van der Waals surface area contributed by atoms with Crippen molar-refractivity contribution in [1.29, 1.82) is 0 Å². The molecule has 0 radical (unpaired) electrons. The molecule has 2 aromatic rings. The first-order chi connectivity index (χ1) is 11.7. The molecule has 0 aliphatic carbocycles. The molecule has 3 rings (SSSR count). The second kappa shape index (κ2) is 8.15. The molecule has 0 bridgehead atoms. The smallest absolute Gasteiger partial charge is 0.230 e. The molecule has 1 amide bonds. The Labute approximate surface area is 146 Å². The summed E-state index contributed by atoms with van der Waals surface area (Å²) in [5.41, 5.74) is 2.13. The third-order valence-electron chi connectivity index (χ3n) is 3.96. The van der Waals surface area contributed by atoms with Crippen LogP contribution in [0.5, 0.6) is 5.75 Å². The summed E-state index contributed by atoms with van der Waals surface area (Å²) in [6.45, 7) is 3.28. The van der Waals surface area contributed by atoms with Crippen LogP contribution in [0.2, 0.25) is 0 Å². The molecule has 0 fully saturated rings. The Balaban J connectivity index is 1.46. The number of fused-ring (bicyclic) bond motifs is 1. The van der Waals surface area contributed by atoms with Crippen molar-refractivity contribution in [3.63, 3.8) is 0 Å². The first kappa shape index (κ1) is 16.8. The number of benzene rings is 1. The lowest BCUT2D eigenvalue weighted by Gasteiger charge is -2.14. The van der Waals surface area contributed by atoms with Crippen molar-refractivity contribution in [2.45, 2.75) is 24.9 Å². The maximum Gasteiger partial charge on any atom is 0.230 e. The van der Waals surface area contributed by atoms with Gasteiger partial charge in [0.05, 0.1) is 12.4 Å². The zero-order valence-corrected chi connectivity index (χ0v) is 14.5. The van der Waals surface area contributed by atoms with E-state index in [0.29, 0.717) is 30.0 Å². The standard InChI is InChI=1S/C18H21N3O2S/c1-13-6-8-19-18(21-13)24-12-17(22)20-11-14-7-9-23-16-5-3-2-4-15(16)10-14/h2-6,8,14H,7,9-12H2,1H3,(H,20,22)/t14-/m0/s1. The van der Waals surface area contributed by atoms with Gasteiger partial charge in [0.1, 0.15) is 5.75 Å². The zero-order chi connectivity index (χ0) is 16.8. The van der Waals surface area contributed by atoms with Gasteiger partial charge in [0.25, 0.3) is 0 Å². The third kappa shape index (κ3) is 4.71. The molecule has 2 heterocycles. The number of amides is 1. The molecule has 1 aromatic carbocycles. The van der Waals surface area contributed by atoms with Gasteiger partial charge >= 0.3 is 0 Å². The van der Waals surface area contributed by atoms with E-state index in [1.165, 1.54) is 17.3 Å². The Morgan fingerprint density at radius 2 is 2.25 bits per heavy atom. The van der Waals surface area contributed by atoms with E-state index in [4.69, 9.17) is 4.74 Å². The first-order valence-corrected chi connectivity index (χ1v) is 9.09. The summed E-state index contributed by atoms with van der Waals surface area (Å²) in [7, 11) is 0. The Hall–Kier alpha value is -2.08. The first-order valence-electron chi connectivity index (χ1n) is 8.10. The van der Waals surface area contributed by atoms with Crippen molar-refractivity contribution in [1.82, 2.24) is 15.3 Å². The fraction of sp³-hybridized carbons (Fsp3) is 0.389. The van der Waals surface area contributed by atoms with Gasteiger partial charge in [-0.2, -0.15) is 0 Å². The molecule has 126 valence electrons. The van der Waals surface area contributed by atoms with Gasteiger partial charge in [-0.25, -0.2) is 9.97 Å². The maximum absolute atomic E-state index is 12.1. The average molecular weight is 343 g/mol. The van der Waals surface area contributed by atoms with Crippen molar-refractivity contribution in [2.24, 2.45) is 5.92 Å². The fourth-order valence-corrected chi connectivity index (χ4v) is 3.38. The van der Waals surface area contributed by atoms with Gasteiger partial charge in [-0.15, -0.1) is 0 Å². The van der Waals surface area contributed by atoms with Crippen LogP contribution in [0.15, 0.2) is 41.7 Å². The third-order valence-corrected chi connectivity index (χ3v) is 4.82. The van der Waals surface area contributed by atoms with E-state index in [1.807, 2.05) is 31.2 Å². The summed E-state index contributed by atoms with van der Waals surface area (Å²) < 4.78 is 5.77. The number of nitrogens with zero attached hydrogens (tertiary/aromatic N) is 2. The van der Waals surface area contributed by atoms with Gasteiger partial charge in [0, 0.05) is 18.4 Å². The highest BCUT2D eigenvalue weighted by Gasteiger charge is 2.18. The van der Waals surface area contributed by atoms with Crippen LogP contribution >= 0.6 is 11.8 Å². The Bertz CT molecular complexity index is 708. The van der Waals surface area contributed by atoms with Crippen LogP contribution in [0.4, 0.5) is 0 Å². The molecule has 1 aliphatic heterocycles. The predicted octanol–water partition coefficient (Wildman–Crippen LogP) is 2.63. The van der Waals surface area contributed by atoms with Crippen LogP contribution in [0.3, 0.4) is 0 Å². The molecular formula is C18H21N3O2S. The normalized spacial score (nSPS) is 16.6. The Morgan fingerprint density at radius 1 is 1.38 bits per heavy atom. The zero-order valence-electron chi connectivity index (χ0n) is 13.7. The monoisotopic (exact) mass is 343 g/mol. The van der Waals surface area contributed by atoms with Crippen molar-refractivity contribution < 1.29 is 9.53 Å². The SMILES string of the molecule is Cc1ccnc(SCC(=O)NC[C@H]2CCOc3ccccc3C2)n1. The number of carbonyl (C=O) groups is 1. The number of aryl methyl sites for hydroxylation is 1. The highest BCUT2D eigenvalue weighted by molar-refractivity contribution is 7.99. The molecule has 0 spiro atoms. The van der Waals surface area contributed by atoms with E-state index in [9.17, 15) is 4.79 Å². The number of carbonyl (C=O) groups excluding carboxylic acids is 1.